The summed E-state index contributed by atoms with van der Waals surface area (Å²) in [5, 5.41) is 9.78. The lowest BCUT2D eigenvalue weighted by Crippen LogP contribution is -2.47. The summed E-state index contributed by atoms with van der Waals surface area (Å²) < 4.78 is 10.4. The van der Waals surface area contributed by atoms with Gasteiger partial charge in [0.25, 0.3) is 5.91 Å². The van der Waals surface area contributed by atoms with Crippen LogP contribution in [0.15, 0.2) is 4.52 Å². The normalized spacial score (nSPS) is 20.2. The number of aryl methyl sites for hydroxylation is 2. The Bertz CT molecular complexity index is 377. The van der Waals surface area contributed by atoms with Crippen LogP contribution in [0.1, 0.15) is 17.0 Å². The quantitative estimate of drug-likeness (QED) is 0.770. The first-order valence-corrected chi connectivity index (χ1v) is 5.70. The predicted octanol–water partition coefficient (Wildman–Crippen LogP) is -0.104. The first-order chi connectivity index (χ1) is 8.18. The summed E-state index contributed by atoms with van der Waals surface area (Å²) in [6.07, 6.45) is -0.399. The van der Waals surface area contributed by atoms with Gasteiger partial charge in [0, 0.05) is 25.2 Å². The smallest absolute Gasteiger partial charge is 0.250 e. The second-order valence-corrected chi connectivity index (χ2v) is 4.08. The minimum absolute atomic E-state index is 0.0998. The van der Waals surface area contributed by atoms with Crippen molar-refractivity contribution in [3.8, 4) is 0 Å². The predicted molar refractivity (Wildman–Crippen MR) is 60.4 cm³/mol. The molecule has 0 spiro atoms. The number of carbonyl (C=O) groups excluding carboxylic acids is 1. The van der Waals surface area contributed by atoms with E-state index in [1.165, 1.54) is 0 Å². The molecule has 1 saturated heterocycles. The third-order valence-electron chi connectivity index (χ3n) is 2.84. The highest BCUT2D eigenvalue weighted by Crippen LogP contribution is 2.11. The molecule has 0 bridgehead atoms. The van der Waals surface area contributed by atoms with Crippen molar-refractivity contribution >= 4 is 5.91 Å². The lowest BCUT2D eigenvalue weighted by molar-refractivity contribution is -0.134. The van der Waals surface area contributed by atoms with Crippen LogP contribution >= 0.6 is 0 Å². The van der Waals surface area contributed by atoms with Gasteiger partial charge in [-0.25, -0.2) is 0 Å². The van der Waals surface area contributed by atoms with Gasteiger partial charge in [-0.15, -0.1) is 0 Å². The number of nitrogens with one attached hydrogen (secondary N) is 2. The van der Waals surface area contributed by atoms with Crippen molar-refractivity contribution in [2.45, 2.75) is 26.5 Å². The largest absolute Gasteiger partial charge is 0.366 e. The highest BCUT2D eigenvalue weighted by Gasteiger charge is 2.22. The molecule has 2 heterocycles. The molecule has 6 nitrogen and oxygen atoms in total. The Hall–Kier alpha value is -1.40. The molecule has 1 aromatic heterocycles. The monoisotopic (exact) mass is 239 g/mol. The van der Waals surface area contributed by atoms with E-state index in [1.54, 1.807) is 0 Å². The van der Waals surface area contributed by atoms with Gasteiger partial charge in [-0.05, 0) is 13.8 Å². The first-order valence-electron chi connectivity index (χ1n) is 5.70. The van der Waals surface area contributed by atoms with Crippen LogP contribution in [0, 0.1) is 13.8 Å². The van der Waals surface area contributed by atoms with Gasteiger partial charge in [0.2, 0.25) is 0 Å². The molecule has 1 aliphatic heterocycles. The average Bonchev–Trinajstić information content (AvgIpc) is 2.67. The van der Waals surface area contributed by atoms with Crippen molar-refractivity contribution in [1.82, 2.24) is 15.8 Å². The van der Waals surface area contributed by atoms with Crippen molar-refractivity contribution < 1.29 is 14.1 Å². The molecular weight excluding hydrogens is 222 g/mol. The maximum atomic E-state index is 11.8. The number of ether oxygens (including phenoxy) is 1. The SMILES string of the molecule is Cc1noc(C)c1CNC(=O)C1CNCCO1. The highest BCUT2D eigenvalue weighted by molar-refractivity contribution is 5.81. The number of amides is 1. The molecule has 1 unspecified atom stereocenters. The lowest BCUT2D eigenvalue weighted by Gasteiger charge is -2.22. The van der Waals surface area contributed by atoms with Gasteiger partial charge in [-0.2, -0.15) is 0 Å². The molecule has 1 fully saturated rings. The van der Waals surface area contributed by atoms with Crippen molar-refractivity contribution in [2.24, 2.45) is 0 Å². The Morgan fingerprint density at radius 1 is 1.59 bits per heavy atom. The van der Waals surface area contributed by atoms with E-state index in [4.69, 9.17) is 9.26 Å². The van der Waals surface area contributed by atoms with E-state index in [-0.39, 0.29) is 5.91 Å². The number of rotatable bonds is 3. The number of aromatic nitrogens is 1. The van der Waals surface area contributed by atoms with Crippen LogP contribution in [-0.2, 0) is 16.1 Å². The fraction of sp³-hybridized carbons (Fsp3) is 0.636. The lowest BCUT2D eigenvalue weighted by atomic mass is 10.2. The third-order valence-corrected chi connectivity index (χ3v) is 2.84. The molecule has 94 valence electrons. The Morgan fingerprint density at radius 2 is 2.41 bits per heavy atom. The Morgan fingerprint density at radius 3 is 3.00 bits per heavy atom. The van der Waals surface area contributed by atoms with Crippen LogP contribution in [0.2, 0.25) is 0 Å². The highest BCUT2D eigenvalue weighted by atomic mass is 16.5. The summed E-state index contributed by atoms with van der Waals surface area (Å²) in [6, 6.07) is 0. The number of carbonyl (C=O) groups is 1. The first kappa shape index (κ1) is 12.1. The maximum Gasteiger partial charge on any atom is 0.250 e. The summed E-state index contributed by atoms with van der Waals surface area (Å²) in [7, 11) is 0. The van der Waals surface area contributed by atoms with E-state index < -0.39 is 6.10 Å². The van der Waals surface area contributed by atoms with Crippen molar-refractivity contribution in [3.05, 3.63) is 17.0 Å². The molecule has 1 atom stereocenters. The van der Waals surface area contributed by atoms with Crippen LogP contribution in [0.3, 0.4) is 0 Å². The summed E-state index contributed by atoms with van der Waals surface area (Å²) in [4.78, 5) is 11.8. The zero-order valence-electron chi connectivity index (χ0n) is 10.1. The molecular formula is C11H17N3O3. The van der Waals surface area contributed by atoms with Gasteiger partial charge in [0.05, 0.1) is 12.3 Å². The fourth-order valence-corrected chi connectivity index (χ4v) is 1.78. The second kappa shape index (κ2) is 5.29. The zero-order chi connectivity index (χ0) is 12.3. The molecule has 0 saturated carbocycles. The number of hydrogen-bond acceptors (Lipinski definition) is 5. The topological polar surface area (TPSA) is 76.4 Å². The van der Waals surface area contributed by atoms with Crippen LogP contribution in [0.25, 0.3) is 0 Å². The third kappa shape index (κ3) is 2.83. The molecule has 1 amide bonds. The standard InChI is InChI=1S/C11H17N3O3/c1-7-9(8(2)17-14-7)5-13-11(15)10-6-12-3-4-16-10/h10,12H,3-6H2,1-2H3,(H,13,15). The van der Waals surface area contributed by atoms with Gasteiger partial charge < -0.3 is 19.9 Å². The molecule has 6 heteroatoms. The molecule has 2 N–H and O–H groups in total. The van der Waals surface area contributed by atoms with E-state index in [9.17, 15) is 4.79 Å². The molecule has 0 aliphatic carbocycles. The molecule has 0 radical (unpaired) electrons. The van der Waals surface area contributed by atoms with Gasteiger partial charge in [0.15, 0.2) is 0 Å². The molecule has 2 rings (SSSR count). The zero-order valence-corrected chi connectivity index (χ0v) is 10.1. The van der Waals surface area contributed by atoms with Gasteiger partial charge >= 0.3 is 0 Å². The van der Waals surface area contributed by atoms with Crippen LogP contribution in [0.4, 0.5) is 0 Å². The molecule has 17 heavy (non-hydrogen) atoms. The average molecular weight is 239 g/mol. The molecule has 1 aliphatic rings. The van der Waals surface area contributed by atoms with Crippen LogP contribution in [-0.4, -0.2) is 36.9 Å². The van der Waals surface area contributed by atoms with Crippen molar-refractivity contribution in [3.63, 3.8) is 0 Å². The fourth-order valence-electron chi connectivity index (χ4n) is 1.78. The summed E-state index contributed by atoms with van der Waals surface area (Å²) >= 11 is 0. The van der Waals surface area contributed by atoms with Crippen LogP contribution in [0.5, 0.6) is 0 Å². The van der Waals surface area contributed by atoms with E-state index >= 15 is 0 Å². The van der Waals surface area contributed by atoms with Gasteiger partial charge in [0.1, 0.15) is 11.9 Å². The Balaban J connectivity index is 1.87. The Labute approximate surface area is 99.7 Å². The minimum Gasteiger partial charge on any atom is -0.366 e. The van der Waals surface area contributed by atoms with Gasteiger partial charge in [-0.1, -0.05) is 5.16 Å². The maximum absolute atomic E-state index is 11.8. The van der Waals surface area contributed by atoms with E-state index in [2.05, 4.69) is 15.8 Å². The number of nitrogens with zero attached hydrogens (tertiary/aromatic N) is 1. The van der Waals surface area contributed by atoms with E-state index in [0.717, 1.165) is 23.6 Å². The number of hydrogen-bond donors (Lipinski definition) is 2. The summed E-state index contributed by atoms with van der Waals surface area (Å²) in [5.41, 5.74) is 1.74. The van der Waals surface area contributed by atoms with Crippen molar-refractivity contribution in [1.29, 1.82) is 0 Å². The molecule has 0 aromatic carbocycles. The van der Waals surface area contributed by atoms with Crippen molar-refractivity contribution in [2.75, 3.05) is 19.7 Å². The van der Waals surface area contributed by atoms with E-state index in [0.29, 0.717) is 19.7 Å². The number of morpholine rings is 1. The minimum atomic E-state index is -0.399. The summed E-state index contributed by atoms with van der Waals surface area (Å²) in [5.74, 6) is 0.641. The molecule has 1 aromatic rings. The summed E-state index contributed by atoms with van der Waals surface area (Å²) in [6.45, 7) is 6.06. The van der Waals surface area contributed by atoms with Gasteiger partial charge in [-0.3, -0.25) is 4.79 Å². The van der Waals surface area contributed by atoms with E-state index in [1.807, 2.05) is 13.8 Å². The Kier molecular flexibility index (Phi) is 3.75. The van der Waals surface area contributed by atoms with Crippen LogP contribution < -0.4 is 10.6 Å². The second-order valence-electron chi connectivity index (χ2n) is 4.08.